The minimum Gasteiger partial charge on any atom is -0.477 e. The molecule has 0 saturated heterocycles. The zero-order valence-electron chi connectivity index (χ0n) is 7.41. The van der Waals surface area contributed by atoms with Crippen LogP contribution < -0.4 is 0 Å². The van der Waals surface area contributed by atoms with Crippen LogP contribution in [-0.4, -0.2) is 34.8 Å². The number of hydrogen-bond donors (Lipinski definition) is 2. The number of aromatic carboxylic acids is 1. The summed E-state index contributed by atoms with van der Waals surface area (Å²) in [6, 6.07) is 0. The van der Waals surface area contributed by atoms with Gasteiger partial charge in [0.1, 0.15) is 11.5 Å². The molecule has 5 nitrogen and oxygen atoms in total. The number of rotatable bonds is 5. The lowest BCUT2D eigenvalue weighted by Gasteiger charge is -1.95. The summed E-state index contributed by atoms with van der Waals surface area (Å²) < 4.78 is 4.86. The van der Waals surface area contributed by atoms with Gasteiger partial charge in [-0.2, -0.15) is 0 Å². The first kappa shape index (κ1) is 9.73. The maximum atomic E-state index is 10.4. The second-order valence-corrected chi connectivity index (χ2v) is 2.65. The Hall–Kier alpha value is -1.36. The smallest absolute Gasteiger partial charge is 0.353 e. The minimum absolute atomic E-state index is 0.132. The fraction of sp³-hybridized carbons (Fsp3) is 0.500. The molecule has 72 valence electrons. The van der Waals surface area contributed by atoms with Crippen LogP contribution in [0.4, 0.5) is 0 Å². The van der Waals surface area contributed by atoms with Gasteiger partial charge in [-0.1, -0.05) is 0 Å². The van der Waals surface area contributed by atoms with Crippen LogP contribution in [0, 0.1) is 0 Å². The third-order valence-corrected chi connectivity index (χ3v) is 1.62. The fourth-order valence-electron chi connectivity index (χ4n) is 0.982. The number of aromatic amines is 1. The maximum Gasteiger partial charge on any atom is 0.353 e. The molecule has 13 heavy (non-hydrogen) atoms. The van der Waals surface area contributed by atoms with E-state index in [4.69, 9.17) is 9.84 Å². The van der Waals surface area contributed by atoms with Crippen molar-refractivity contribution in [3.63, 3.8) is 0 Å². The standard InChI is InChI=1S/C8H12N2O3/c1-13-4-2-3-7-9-5-6(10-7)8(11)12/h5H,2-4H2,1H3,(H,9,10)(H,11,12). The van der Waals surface area contributed by atoms with Gasteiger partial charge in [0.05, 0.1) is 6.20 Å². The van der Waals surface area contributed by atoms with Gasteiger partial charge in [-0.3, -0.25) is 0 Å². The van der Waals surface area contributed by atoms with Gasteiger partial charge < -0.3 is 14.8 Å². The average Bonchev–Trinajstić information content (AvgIpc) is 2.53. The van der Waals surface area contributed by atoms with Gasteiger partial charge in [0.25, 0.3) is 0 Å². The summed E-state index contributed by atoms with van der Waals surface area (Å²) in [4.78, 5) is 17.1. The molecular weight excluding hydrogens is 172 g/mol. The number of aryl methyl sites for hydroxylation is 1. The Balaban J connectivity index is 2.44. The number of aromatic nitrogens is 2. The SMILES string of the molecule is COCCCc1ncc(C(=O)O)[nH]1. The first-order valence-electron chi connectivity index (χ1n) is 4.00. The molecule has 0 aromatic carbocycles. The molecule has 0 bridgehead atoms. The lowest BCUT2D eigenvalue weighted by molar-refractivity contribution is 0.0691. The predicted molar refractivity (Wildman–Crippen MR) is 45.7 cm³/mol. The van der Waals surface area contributed by atoms with E-state index in [-0.39, 0.29) is 5.69 Å². The van der Waals surface area contributed by atoms with E-state index in [0.29, 0.717) is 18.9 Å². The lowest BCUT2D eigenvalue weighted by atomic mass is 10.3. The quantitative estimate of drug-likeness (QED) is 0.660. The van der Waals surface area contributed by atoms with Crippen LogP contribution in [0.2, 0.25) is 0 Å². The highest BCUT2D eigenvalue weighted by molar-refractivity contribution is 5.84. The molecule has 2 N–H and O–H groups in total. The highest BCUT2D eigenvalue weighted by atomic mass is 16.5. The van der Waals surface area contributed by atoms with Gasteiger partial charge >= 0.3 is 5.97 Å². The van der Waals surface area contributed by atoms with Crippen molar-refractivity contribution in [2.24, 2.45) is 0 Å². The third kappa shape index (κ3) is 2.87. The predicted octanol–water partition coefficient (Wildman–Crippen LogP) is 0.687. The summed E-state index contributed by atoms with van der Waals surface area (Å²) in [5.74, 6) is -0.292. The van der Waals surface area contributed by atoms with Crippen molar-refractivity contribution < 1.29 is 14.6 Å². The van der Waals surface area contributed by atoms with Crippen molar-refractivity contribution in [2.45, 2.75) is 12.8 Å². The summed E-state index contributed by atoms with van der Waals surface area (Å²) >= 11 is 0. The average molecular weight is 184 g/mol. The first-order chi connectivity index (χ1) is 6.24. The van der Waals surface area contributed by atoms with Gasteiger partial charge in [0.15, 0.2) is 0 Å². The molecule has 0 radical (unpaired) electrons. The molecule has 0 spiro atoms. The number of carbonyl (C=O) groups is 1. The highest BCUT2D eigenvalue weighted by Gasteiger charge is 2.06. The number of imidazole rings is 1. The molecule has 1 aromatic rings. The summed E-state index contributed by atoms with van der Waals surface area (Å²) in [5.41, 5.74) is 0.132. The van der Waals surface area contributed by atoms with E-state index in [1.165, 1.54) is 6.20 Å². The Morgan fingerprint density at radius 2 is 2.54 bits per heavy atom. The van der Waals surface area contributed by atoms with Gasteiger partial charge in [-0.05, 0) is 6.42 Å². The Bertz CT molecular complexity index is 283. The first-order valence-corrected chi connectivity index (χ1v) is 4.00. The number of ether oxygens (including phenoxy) is 1. The van der Waals surface area contributed by atoms with Crippen molar-refractivity contribution in [2.75, 3.05) is 13.7 Å². The molecule has 1 heterocycles. The number of hydrogen-bond acceptors (Lipinski definition) is 3. The van der Waals surface area contributed by atoms with Crippen LogP contribution in [0.15, 0.2) is 6.20 Å². The van der Waals surface area contributed by atoms with E-state index in [1.807, 2.05) is 0 Å². The van der Waals surface area contributed by atoms with Crippen LogP contribution in [-0.2, 0) is 11.2 Å². The number of nitrogens with one attached hydrogen (secondary N) is 1. The summed E-state index contributed by atoms with van der Waals surface area (Å²) in [5, 5.41) is 8.57. The van der Waals surface area contributed by atoms with Crippen LogP contribution in [0.5, 0.6) is 0 Å². The molecule has 0 saturated carbocycles. The molecule has 0 atom stereocenters. The zero-order chi connectivity index (χ0) is 9.68. The maximum absolute atomic E-state index is 10.4. The Morgan fingerprint density at radius 3 is 3.08 bits per heavy atom. The Morgan fingerprint density at radius 1 is 1.77 bits per heavy atom. The molecule has 0 aliphatic heterocycles. The monoisotopic (exact) mass is 184 g/mol. The molecule has 5 heteroatoms. The summed E-state index contributed by atoms with van der Waals surface area (Å²) in [6.07, 6.45) is 2.87. The Labute approximate surface area is 75.8 Å². The van der Waals surface area contributed by atoms with Crippen molar-refractivity contribution in [3.05, 3.63) is 17.7 Å². The highest BCUT2D eigenvalue weighted by Crippen LogP contribution is 2.00. The molecule has 0 unspecified atom stereocenters. The molecule has 0 fully saturated rings. The largest absolute Gasteiger partial charge is 0.477 e. The van der Waals surface area contributed by atoms with Crippen LogP contribution in [0.25, 0.3) is 0 Å². The number of nitrogens with zero attached hydrogens (tertiary/aromatic N) is 1. The molecule has 0 amide bonds. The van der Waals surface area contributed by atoms with E-state index >= 15 is 0 Å². The van der Waals surface area contributed by atoms with Crippen LogP contribution in [0.3, 0.4) is 0 Å². The molecular formula is C8H12N2O3. The fourth-order valence-corrected chi connectivity index (χ4v) is 0.982. The minimum atomic E-state index is -0.981. The van der Waals surface area contributed by atoms with E-state index in [9.17, 15) is 4.79 Å². The van der Waals surface area contributed by atoms with E-state index in [2.05, 4.69) is 9.97 Å². The normalized spacial score (nSPS) is 10.2. The van der Waals surface area contributed by atoms with E-state index < -0.39 is 5.97 Å². The second-order valence-electron chi connectivity index (χ2n) is 2.65. The van der Waals surface area contributed by atoms with Gasteiger partial charge in [-0.15, -0.1) is 0 Å². The van der Waals surface area contributed by atoms with Crippen LogP contribution >= 0.6 is 0 Å². The van der Waals surface area contributed by atoms with Crippen molar-refractivity contribution in [1.82, 2.24) is 9.97 Å². The van der Waals surface area contributed by atoms with Crippen LogP contribution in [0.1, 0.15) is 22.7 Å². The van der Waals surface area contributed by atoms with Crippen molar-refractivity contribution >= 4 is 5.97 Å². The second kappa shape index (κ2) is 4.61. The zero-order valence-corrected chi connectivity index (χ0v) is 7.41. The van der Waals surface area contributed by atoms with Gasteiger partial charge in [0, 0.05) is 20.1 Å². The van der Waals surface area contributed by atoms with Gasteiger partial charge in [0.2, 0.25) is 0 Å². The number of carboxylic acid groups (broad SMARTS) is 1. The molecule has 0 aliphatic carbocycles. The summed E-state index contributed by atoms with van der Waals surface area (Å²) in [6.45, 7) is 0.656. The number of H-pyrrole nitrogens is 1. The van der Waals surface area contributed by atoms with E-state index in [0.717, 1.165) is 6.42 Å². The van der Waals surface area contributed by atoms with Crippen molar-refractivity contribution in [1.29, 1.82) is 0 Å². The van der Waals surface area contributed by atoms with Crippen molar-refractivity contribution in [3.8, 4) is 0 Å². The molecule has 0 aliphatic rings. The lowest BCUT2D eigenvalue weighted by Crippen LogP contribution is -1.98. The summed E-state index contributed by atoms with van der Waals surface area (Å²) in [7, 11) is 1.63. The Kier molecular flexibility index (Phi) is 3.45. The van der Waals surface area contributed by atoms with E-state index in [1.54, 1.807) is 7.11 Å². The third-order valence-electron chi connectivity index (χ3n) is 1.62. The number of methoxy groups -OCH3 is 1. The topological polar surface area (TPSA) is 75.2 Å². The molecule has 1 aromatic heterocycles. The molecule has 1 rings (SSSR count). The number of carboxylic acids is 1. The van der Waals surface area contributed by atoms with Gasteiger partial charge in [-0.25, -0.2) is 9.78 Å².